The summed E-state index contributed by atoms with van der Waals surface area (Å²) >= 11 is 12.2. The third kappa shape index (κ3) is 5.14. The highest BCUT2D eigenvalue weighted by Crippen LogP contribution is 2.28. The zero-order chi connectivity index (χ0) is 22.0. The Labute approximate surface area is 185 Å². The topological polar surface area (TPSA) is 84.7 Å². The molecule has 2 heterocycles. The van der Waals surface area contributed by atoms with Gasteiger partial charge in [-0.3, -0.25) is 9.59 Å². The van der Waals surface area contributed by atoms with Gasteiger partial charge in [-0.25, -0.2) is 9.88 Å². The van der Waals surface area contributed by atoms with Crippen LogP contribution in [0.25, 0.3) is 0 Å². The van der Waals surface area contributed by atoms with Crippen molar-refractivity contribution in [2.45, 2.75) is 58.5 Å². The number of esters is 1. The lowest BCUT2D eigenvalue weighted by atomic mass is 9.99. The number of rotatable bonds is 8. The maximum Gasteiger partial charge on any atom is 0.325 e. The summed E-state index contributed by atoms with van der Waals surface area (Å²) in [5.74, 6) is -1.22. The summed E-state index contributed by atoms with van der Waals surface area (Å²) in [5, 5.41) is 10.9. The number of halogens is 2. The van der Waals surface area contributed by atoms with Gasteiger partial charge in [0, 0.05) is 34.9 Å². The van der Waals surface area contributed by atoms with Crippen molar-refractivity contribution < 1.29 is 19.4 Å². The number of carbonyl (C=O) groups excluding carboxylic acids is 1. The number of benzene rings is 1. The molecule has 1 aromatic carbocycles. The Balaban J connectivity index is 1.84. The molecule has 2 unspecified atom stereocenters. The van der Waals surface area contributed by atoms with Gasteiger partial charge in [0.15, 0.2) is 6.23 Å². The van der Waals surface area contributed by atoms with Gasteiger partial charge < -0.3 is 14.4 Å². The van der Waals surface area contributed by atoms with Crippen LogP contribution in [0, 0.1) is 5.92 Å². The monoisotopic (exact) mass is 453 g/mol. The first-order valence-corrected chi connectivity index (χ1v) is 10.6. The second kappa shape index (κ2) is 9.37. The molecule has 0 spiro atoms. The molecule has 162 valence electrons. The predicted octanol–water partition coefficient (Wildman–Crippen LogP) is 3.85. The molecule has 7 nitrogen and oxygen atoms in total. The highest BCUT2D eigenvalue weighted by Gasteiger charge is 2.46. The molecule has 30 heavy (non-hydrogen) atoms. The first-order chi connectivity index (χ1) is 14.2. The molecule has 1 saturated heterocycles. The number of aliphatic carboxylic acids is 1. The van der Waals surface area contributed by atoms with Gasteiger partial charge in [0.1, 0.15) is 12.1 Å². The summed E-state index contributed by atoms with van der Waals surface area (Å²) in [6.07, 6.45) is 3.46. The number of aromatic nitrogens is 2. The molecular formula is C21H25Cl2N3O4. The standard InChI is InChI=1S/C21H25Cl2N3O4/c1-12(2)4-18(20(27)28)26-13(3)30-21(29)19(26)8-17-9-24-11-25(17)10-14-5-15(22)7-16(23)6-14/h5-7,9,11-13,18-19H,4,8,10H2,1-3H3,(H,27,28)/t13?,18-,19?/m0/s1. The van der Waals surface area contributed by atoms with Crippen LogP contribution in [0.15, 0.2) is 30.7 Å². The van der Waals surface area contributed by atoms with Crippen molar-refractivity contribution in [1.82, 2.24) is 14.5 Å². The Bertz CT molecular complexity index is 910. The molecule has 0 bridgehead atoms. The van der Waals surface area contributed by atoms with E-state index in [9.17, 15) is 14.7 Å². The number of imidazole rings is 1. The molecule has 3 atom stereocenters. The van der Waals surface area contributed by atoms with E-state index in [1.165, 1.54) is 0 Å². The van der Waals surface area contributed by atoms with Crippen LogP contribution in [-0.4, -0.2) is 49.8 Å². The van der Waals surface area contributed by atoms with E-state index >= 15 is 0 Å². The van der Waals surface area contributed by atoms with E-state index in [4.69, 9.17) is 27.9 Å². The average Bonchev–Trinajstić information content (AvgIpc) is 3.16. The Kier molecular flexibility index (Phi) is 7.06. The van der Waals surface area contributed by atoms with Gasteiger partial charge in [0.2, 0.25) is 0 Å². The van der Waals surface area contributed by atoms with Crippen LogP contribution in [0.4, 0.5) is 0 Å². The Morgan fingerprint density at radius 1 is 1.27 bits per heavy atom. The molecular weight excluding hydrogens is 429 g/mol. The van der Waals surface area contributed by atoms with Crippen molar-refractivity contribution in [3.63, 3.8) is 0 Å². The highest BCUT2D eigenvalue weighted by molar-refractivity contribution is 6.34. The fourth-order valence-corrected chi connectivity index (χ4v) is 4.47. The molecule has 0 radical (unpaired) electrons. The van der Waals surface area contributed by atoms with E-state index in [1.54, 1.807) is 30.4 Å². The molecule has 9 heteroatoms. The van der Waals surface area contributed by atoms with E-state index in [1.807, 2.05) is 30.5 Å². The lowest BCUT2D eigenvalue weighted by molar-refractivity contribution is -0.148. The Morgan fingerprint density at radius 2 is 1.93 bits per heavy atom. The van der Waals surface area contributed by atoms with Crippen LogP contribution >= 0.6 is 23.2 Å². The van der Waals surface area contributed by atoms with Gasteiger partial charge in [-0.2, -0.15) is 0 Å². The SMILES string of the molecule is CC(C)C[C@@H](C(=O)O)N1C(C)OC(=O)C1Cc1cncn1Cc1cc(Cl)cc(Cl)c1. The van der Waals surface area contributed by atoms with Gasteiger partial charge in [0.05, 0.1) is 6.33 Å². The number of hydrogen-bond donors (Lipinski definition) is 1. The molecule has 1 fully saturated rings. The Morgan fingerprint density at radius 3 is 2.53 bits per heavy atom. The summed E-state index contributed by atoms with van der Waals surface area (Å²) < 4.78 is 7.29. The van der Waals surface area contributed by atoms with Crippen LogP contribution in [0.5, 0.6) is 0 Å². The summed E-state index contributed by atoms with van der Waals surface area (Å²) in [5.41, 5.74) is 1.69. The molecule has 1 N–H and O–H groups in total. The number of carbonyl (C=O) groups is 2. The fourth-order valence-electron chi connectivity index (χ4n) is 3.90. The number of cyclic esters (lactones) is 1. The quantitative estimate of drug-likeness (QED) is 0.610. The number of ether oxygens (including phenoxy) is 1. The third-order valence-corrected chi connectivity index (χ3v) is 5.59. The smallest absolute Gasteiger partial charge is 0.325 e. The summed E-state index contributed by atoms with van der Waals surface area (Å²) in [6, 6.07) is 3.80. The van der Waals surface area contributed by atoms with Crippen molar-refractivity contribution in [2.24, 2.45) is 5.92 Å². The minimum absolute atomic E-state index is 0.160. The molecule has 0 amide bonds. The molecule has 0 saturated carbocycles. The molecule has 2 aromatic rings. The summed E-state index contributed by atoms with van der Waals surface area (Å²) in [6.45, 7) is 6.10. The summed E-state index contributed by atoms with van der Waals surface area (Å²) in [7, 11) is 0. The van der Waals surface area contributed by atoms with Gasteiger partial charge in [-0.1, -0.05) is 37.0 Å². The number of nitrogens with zero attached hydrogens (tertiary/aromatic N) is 3. The third-order valence-electron chi connectivity index (χ3n) is 5.15. The minimum Gasteiger partial charge on any atom is -0.480 e. The Hall–Kier alpha value is -2.09. The number of hydrogen-bond acceptors (Lipinski definition) is 5. The van der Waals surface area contributed by atoms with E-state index in [0.717, 1.165) is 11.3 Å². The molecule has 1 aliphatic rings. The van der Waals surface area contributed by atoms with Gasteiger partial charge >= 0.3 is 11.9 Å². The molecule has 1 aromatic heterocycles. The second-order valence-corrected chi connectivity index (χ2v) is 8.85. The lowest BCUT2D eigenvalue weighted by Crippen LogP contribution is -2.50. The van der Waals surface area contributed by atoms with Crippen LogP contribution < -0.4 is 0 Å². The normalized spacial score (nSPS) is 20.5. The van der Waals surface area contributed by atoms with Crippen molar-refractivity contribution >= 4 is 35.1 Å². The average molecular weight is 454 g/mol. The zero-order valence-corrected chi connectivity index (χ0v) is 18.6. The molecule has 0 aliphatic carbocycles. The second-order valence-electron chi connectivity index (χ2n) is 7.98. The zero-order valence-electron chi connectivity index (χ0n) is 17.1. The first kappa shape index (κ1) is 22.6. The van der Waals surface area contributed by atoms with Crippen LogP contribution in [0.3, 0.4) is 0 Å². The molecule has 3 rings (SSSR count). The van der Waals surface area contributed by atoms with E-state index in [0.29, 0.717) is 29.4 Å². The van der Waals surface area contributed by atoms with Gasteiger partial charge in [-0.05, 0) is 43.0 Å². The summed E-state index contributed by atoms with van der Waals surface area (Å²) in [4.78, 5) is 30.4. The van der Waals surface area contributed by atoms with E-state index in [2.05, 4.69) is 4.98 Å². The number of carboxylic acids is 1. The van der Waals surface area contributed by atoms with E-state index < -0.39 is 30.3 Å². The maximum absolute atomic E-state index is 12.6. The maximum atomic E-state index is 12.6. The minimum atomic E-state index is -0.957. The van der Waals surface area contributed by atoms with Crippen LogP contribution in [-0.2, 0) is 27.3 Å². The largest absolute Gasteiger partial charge is 0.480 e. The first-order valence-electron chi connectivity index (χ1n) is 9.80. The van der Waals surface area contributed by atoms with Crippen molar-refractivity contribution in [3.8, 4) is 0 Å². The van der Waals surface area contributed by atoms with Gasteiger partial charge in [0.25, 0.3) is 0 Å². The lowest BCUT2D eigenvalue weighted by Gasteiger charge is -2.31. The van der Waals surface area contributed by atoms with Crippen LogP contribution in [0.1, 0.15) is 38.4 Å². The van der Waals surface area contributed by atoms with Crippen molar-refractivity contribution in [3.05, 3.63) is 52.0 Å². The van der Waals surface area contributed by atoms with Gasteiger partial charge in [-0.15, -0.1) is 0 Å². The predicted molar refractivity (Wildman–Crippen MR) is 114 cm³/mol. The van der Waals surface area contributed by atoms with E-state index in [-0.39, 0.29) is 5.92 Å². The highest BCUT2D eigenvalue weighted by atomic mass is 35.5. The van der Waals surface area contributed by atoms with Crippen molar-refractivity contribution in [1.29, 1.82) is 0 Å². The number of carboxylic acid groups (broad SMARTS) is 1. The molecule has 1 aliphatic heterocycles. The fraction of sp³-hybridized carbons (Fsp3) is 0.476. The van der Waals surface area contributed by atoms with Crippen LogP contribution in [0.2, 0.25) is 10.0 Å². The van der Waals surface area contributed by atoms with Crippen molar-refractivity contribution in [2.75, 3.05) is 0 Å².